The normalized spacial score (nSPS) is 14.7. The molecule has 0 aromatic carbocycles. The van der Waals surface area contributed by atoms with E-state index in [1.165, 1.54) is 7.11 Å². The predicted octanol–water partition coefficient (Wildman–Crippen LogP) is 2.09. The first-order chi connectivity index (χ1) is 9.63. The molecule has 0 aliphatic rings. The average molecular weight is 300 g/mol. The van der Waals surface area contributed by atoms with Gasteiger partial charge in [0.1, 0.15) is 6.04 Å². The molecule has 0 saturated heterocycles. The topological polar surface area (TPSA) is 81.4 Å². The number of carbonyl (C=O) groups is 2. The Kier molecular flexibility index (Phi) is 8.55. The number of carbonyl (C=O) groups excluding carboxylic acids is 2. The lowest BCUT2D eigenvalue weighted by atomic mass is 9.76. The van der Waals surface area contributed by atoms with Gasteiger partial charge in [0.2, 0.25) is 5.91 Å². The van der Waals surface area contributed by atoms with E-state index in [4.69, 9.17) is 10.5 Å². The van der Waals surface area contributed by atoms with Crippen LogP contribution in [0.25, 0.3) is 0 Å². The maximum absolute atomic E-state index is 12.1. The van der Waals surface area contributed by atoms with E-state index in [9.17, 15) is 9.59 Å². The monoisotopic (exact) mass is 300 g/mol. The molecule has 0 radical (unpaired) electrons. The summed E-state index contributed by atoms with van der Waals surface area (Å²) >= 11 is 0. The fraction of sp³-hybridized carbons (Fsp3) is 0.875. The maximum Gasteiger partial charge on any atom is 0.328 e. The molecule has 0 rings (SSSR count). The smallest absolute Gasteiger partial charge is 0.328 e. The van der Waals surface area contributed by atoms with Gasteiger partial charge in [-0.15, -0.1) is 0 Å². The highest BCUT2D eigenvalue weighted by atomic mass is 16.5. The van der Waals surface area contributed by atoms with Crippen molar-refractivity contribution < 1.29 is 14.3 Å². The molecule has 21 heavy (non-hydrogen) atoms. The maximum atomic E-state index is 12.1. The number of rotatable bonds is 8. The zero-order chi connectivity index (χ0) is 16.6. The van der Waals surface area contributed by atoms with Crippen molar-refractivity contribution in [3.8, 4) is 0 Å². The summed E-state index contributed by atoms with van der Waals surface area (Å²) in [5.74, 6) is -0.106. The van der Waals surface area contributed by atoms with Gasteiger partial charge in [-0.25, -0.2) is 4.79 Å². The van der Waals surface area contributed by atoms with E-state index in [-0.39, 0.29) is 17.2 Å². The predicted molar refractivity (Wildman–Crippen MR) is 84.6 cm³/mol. The lowest BCUT2D eigenvalue weighted by Gasteiger charge is -2.30. The third-order valence-corrected chi connectivity index (χ3v) is 3.90. The van der Waals surface area contributed by atoms with Crippen LogP contribution >= 0.6 is 0 Å². The molecule has 0 aromatic heterocycles. The van der Waals surface area contributed by atoms with E-state index in [0.29, 0.717) is 18.9 Å². The standard InChI is InChI=1S/C16H32N2O3/c1-11(2)14(15(20)21-6)18-13(19)8-7-12(9-10-17)16(3,4)5/h11-12,14H,7-10,17H2,1-6H3,(H,18,19). The first kappa shape index (κ1) is 19.9. The molecule has 0 bridgehead atoms. The fourth-order valence-electron chi connectivity index (χ4n) is 2.39. The average Bonchev–Trinajstić information content (AvgIpc) is 2.38. The Morgan fingerprint density at radius 3 is 2.14 bits per heavy atom. The highest BCUT2D eigenvalue weighted by molar-refractivity contribution is 5.84. The van der Waals surface area contributed by atoms with Crippen LogP contribution in [-0.2, 0) is 14.3 Å². The summed E-state index contributed by atoms with van der Waals surface area (Å²) in [6.45, 7) is 10.9. The third-order valence-electron chi connectivity index (χ3n) is 3.90. The van der Waals surface area contributed by atoms with Crippen LogP contribution in [0, 0.1) is 17.3 Å². The molecule has 2 atom stereocenters. The second kappa shape index (κ2) is 9.03. The van der Waals surface area contributed by atoms with E-state index >= 15 is 0 Å². The molecule has 0 aliphatic heterocycles. The minimum absolute atomic E-state index is 0.00357. The van der Waals surface area contributed by atoms with Crippen LogP contribution in [0.3, 0.4) is 0 Å². The van der Waals surface area contributed by atoms with Crippen LogP contribution in [0.15, 0.2) is 0 Å². The molecule has 5 nitrogen and oxygen atoms in total. The molecule has 3 N–H and O–H groups in total. The van der Waals surface area contributed by atoms with Crippen molar-refractivity contribution in [3.63, 3.8) is 0 Å². The van der Waals surface area contributed by atoms with Crippen LogP contribution in [0.2, 0.25) is 0 Å². The summed E-state index contributed by atoms with van der Waals surface area (Å²) in [5.41, 5.74) is 5.77. The molecule has 0 heterocycles. The Labute approximate surface area is 129 Å². The zero-order valence-corrected chi connectivity index (χ0v) is 14.4. The minimum atomic E-state index is -0.579. The van der Waals surface area contributed by atoms with Gasteiger partial charge in [-0.1, -0.05) is 34.6 Å². The minimum Gasteiger partial charge on any atom is -0.467 e. The number of methoxy groups -OCH3 is 1. The van der Waals surface area contributed by atoms with Crippen LogP contribution < -0.4 is 11.1 Å². The third kappa shape index (κ3) is 7.46. The van der Waals surface area contributed by atoms with E-state index in [2.05, 4.69) is 26.1 Å². The van der Waals surface area contributed by atoms with Gasteiger partial charge in [0, 0.05) is 6.42 Å². The van der Waals surface area contributed by atoms with Crippen LogP contribution in [-0.4, -0.2) is 31.6 Å². The zero-order valence-electron chi connectivity index (χ0n) is 14.4. The van der Waals surface area contributed by atoms with Crippen molar-refractivity contribution >= 4 is 11.9 Å². The first-order valence-corrected chi connectivity index (χ1v) is 7.70. The van der Waals surface area contributed by atoms with E-state index in [1.807, 2.05) is 13.8 Å². The second-order valence-electron chi connectivity index (χ2n) is 6.99. The Morgan fingerprint density at radius 1 is 1.19 bits per heavy atom. The van der Waals surface area contributed by atoms with Crippen molar-refractivity contribution in [2.75, 3.05) is 13.7 Å². The number of hydrogen-bond donors (Lipinski definition) is 2. The van der Waals surface area contributed by atoms with Gasteiger partial charge >= 0.3 is 5.97 Å². The Bertz CT molecular complexity index is 335. The molecule has 2 unspecified atom stereocenters. The van der Waals surface area contributed by atoms with Crippen molar-refractivity contribution in [2.24, 2.45) is 23.0 Å². The quantitative estimate of drug-likeness (QED) is 0.673. The van der Waals surface area contributed by atoms with Crippen molar-refractivity contribution in [2.45, 2.75) is 59.9 Å². The Hall–Kier alpha value is -1.10. The summed E-state index contributed by atoms with van der Waals surface area (Å²) < 4.78 is 4.72. The van der Waals surface area contributed by atoms with Gasteiger partial charge < -0.3 is 15.8 Å². The fourth-order valence-corrected chi connectivity index (χ4v) is 2.39. The summed E-state index contributed by atoms with van der Waals surface area (Å²) in [4.78, 5) is 23.7. The lowest BCUT2D eigenvalue weighted by Crippen LogP contribution is -2.45. The molecule has 1 amide bonds. The SMILES string of the molecule is COC(=O)C(NC(=O)CCC(CCN)C(C)(C)C)C(C)C. The van der Waals surface area contributed by atoms with Gasteiger partial charge in [-0.05, 0) is 36.6 Å². The number of hydrogen-bond acceptors (Lipinski definition) is 4. The molecule has 0 aliphatic carbocycles. The summed E-state index contributed by atoms with van der Waals surface area (Å²) in [6, 6.07) is -0.579. The largest absolute Gasteiger partial charge is 0.467 e. The summed E-state index contributed by atoms with van der Waals surface area (Å²) in [7, 11) is 1.33. The molecule has 0 fully saturated rings. The van der Waals surface area contributed by atoms with Crippen LogP contribution in [0.5, 0.6) is 0 Å². The lowest BCUT2D eigenvalue weighted by molar-refractivity contribution is -0.146. The molecular weight excluding hydrogens is 268 g/mol. The van der Waals surface area contributed by atoms with Gasteiger partial charge in [0.05, 0.1) is 7.11 Å². The number of ether oxygens (including phenoxy) is 1. The first-order valence-electron chi connectivity index (χ1n) is 7.70. The van der Waals surface area contributed by atoms with E-state index < -0.39 is 12.0 Å². The molecule has 5 heteroatoms. The van der Waals surface area contributed by atoms with Gasteiger partial charge in [0.25, 0.3) is 0 Å². The number of amides is 1. The number of nitrogens with two attached hydrogens (primary N) is 1. The summed E-state index contributed by atoms with van der Waals surface area (Å²) in [6.07, 6.45) is 2.09. The van der Waals surface area contributed by atoms with E-state index in [1.54, 1.807) is 0 Å². The number of esters is 1. The van der Waals surface area contributed by atoms with Gasteiger partial charge in [0.15, 0.2) is 0 Å². The molecule has 0 saturated carbocycles. The van der Waals surface area contributed by atoms with Crippen molar-refractivity contribution in [1.82, 2.24) is 5.32 Å². The van der Waals surface area contributed by atoms with Crippen LogP contribution in [0.4, 0.5) is 0 Å². The Balaban J connectivity index is 4.50. The van der Waals surface area contributed by atoms with E-state index in [0.717, 1.165) is 12.8 Å². The molecular formula is C16H32N2O3. The van der Waals surface area contributed by atoms with Crippen molar-refractivity contribution in [3.05, 3.63) is 0 Å². The van der Waals surface area contributed by atoms with Gasteiger partial charge in [-0.2, -0.15) is 0 Å². The molecule has 124 valence electrons. The second-order valence-corrected chi connectivity index (χ2v) is 6.99. The van der Waals surface area contributed by atoms with Gasteiger partial charge in [-0.3, -0.25) is 4.79 Å². The Morgan fingerprint density at radius 2 is 1.76 bits per heavy atom. The van der Waals surface area contributed by atoms with Crippen molar-refractivity contribution in [1.29, 1.82) is 0 Å². The highest BCUT2D eigenvalue weighted by Crippen LogP contribution is 2.32. The molecule has 0 aromatic rings. The van der Waals surface area contributed by atoms with Crippen LogP contribution in [0.1, 0.15) is 53.9 Å². The number of nitrogens with one attached hydrogen (secondary N) is 1. The molecule has 0 spiro atoms. The summed E-state index contributed by atoms with van der Waals surface area (Å²) in [5, 5.41) is 2.77. The highest BCUT2D eigenvalue weighted by Gasteiger charge is 2.27.